The van der Waals surface area contributed by atoms with Crippen molar-refractivity contribution in [3.63, 3.8) is 0 Å². The van der Waals surface area contributed by atoms with E-state index >= 15 is 0 Å². The predicted molar refractivity (Wildman–Crippen MR) is 16.0 cm³/mol. The Morgan fingerprint density at radius 2 is 2.00 bits per heavy atom. The van der Waals surface area contributed by atoms with Crippen molar-refractivity contribution in [1.29, 1.82) is 0 Å². The summed E-state index contributed by atoms with van der Waals surface area (Å²) in [5, 5.41) is 0. The van der Waals surface area contributed by atoms with Crippen LogP contribution >= 0.6 is 0 Å². The van der Waals surface area contributed by atoms with Crippen LogP contribution < -0.4 is 5.73 Å². The van der Waals surface area contributed by atoms with Gasteiger partial charge < -0.3 is 0 Å². The molecule has 0 aliphatic carbocycles. The first-order valence-electron chi connectivity index (χ1n) is 1.02. The fourth-order valence-corrected chi connectivity index (χ4v) is 0. The number of carbonyl (C=O) groups excluding carboxylic acids is 1. The number of hydrogen-bond donors (Lipinski definition) is 1. The van der Waals surface area contributed by atoms with Gasteiger partial charge in [-0.15, -0.1) is 0 Å². The maximum absolute atomic E-state index is 9.22. The van der Waals surface area contributed by atoms with Crippen LogP contribution in [0.3, 0.4) is 0 Å². The summed E-state index contributed by atoms with van der Waals surface area (Å²) in [6.45, 7) is 0. The number of carbonyl (C=O) groups is 1. The van der Waals surface area contributed by atoms with E-state index in [1.807, 2.05) is 0 Å². The monoisotopic (exact) mass is 71.0 g/mol. The second-order valence-electron chi connectivity index (χ2n) is 0.520. The molecule has 5 heavy (non-hydrogen) atoms. The average molecular weight is 70.8 g/mol. The molecule has 0 aromatic heterocycles. The van der Waals surface area contributed by atoms with E-state index in [4.69, 9.17) is 4.70 Å². The molecule has 1 amide bonds. The Balaban J connectivity index is 3.20. The molecule has 26 valence electrons. The van der Waals surface area contributed by atoms with E-state index in [1.165, 1.54) is 0 Å². The first-order valence-corrected chi connectivity index (χ1v) is 1.02. The molecule has 0 bridgehead atoms. The van der Waals surface area contributed by atoms with E-state index in [0.29, 0.717) is 0 Å². The van der Waals surface area contributed by atoms with Gasteiger partial charge in [-0.05, 0) is 0 Å². The van der Waals surface area contributed by atoms with Gasteiger partial charge in [0, 0.05) is 0 Å². The molecule has 0 heterocycles. The summed E-state index contributed by atoms with van der Waals surface area (Å²) in [5.74, 6) is -0.926. The van der Waals surface area contributed by atoms with Crippen LogP contribution in [0.2, 0.25) is 0 Å². The van der Waals surface area contributed by atoms with Gasteiger partial charge in [-0.3, -0.25) is 0 Å². The van der Waals surface area contributed by atoms with Crippen LogP contribution in [0, 0.1) is 0 Å². The van der Waals surface area contributed by atoms with Gasteiger partial charge >= 0.3 is 28.2 Å². The first-order chi connectivity index (χ1) is 2.27. The van der Waals surface area contributed by atoms with E-state index in [0.717, 1.165) is 0 Å². The third-order valence-corrected chi connectivity index (χ3v) is 0.116. The molecule has 0 aromatic rings. The van der Waals surface area contributed by atoms with E-state index in [2.05, 4.69) is 5.73 Å². The van der Waals surface area contributed by atoms with Crippen LogP contribution in [0.25, 0.3) is 0 Å². The minimum atomic E-state index is -0.926. The molecule has 0 unspecified atom stereocenters. The molecule has 0 fully saturated rings. The maximum atomic E-state index is 9.22. The molecule has 0 radical (unpaired) electrons. The zero-order valence-electron chi connectivity index (χ0n) is 2.47. The van der Waals surface area contributed by atoms with Gasteiger partial charge in [0.05, 0.1) is 0 Å². The average Bonchev–Trinajstić information content (AvgIpc) is 1.38. The van der Waals surface area contributed by atoms with Crippen molar-refractivity contribution in [3.05, 3.63) is 0 Å². The van der Waals surface area contributed by atoms with E-state index in [1.54, 1.807) is 0 Å². The van der Waals surface area contributed by atoms with Crippen LogP contribution in [-0.2, 0) is 4.70 Å². The Morgan fingerprint density at radius 3 is 2.00 bits per heavy atom. The molecular formula is CH2BNO2. The Hall–Kier alpha value is -0.665. The molecule has 0 saturated carbocycles. The summed E-state index contributed by atoms with van der Waals surface area (Å²) in [5.41, 5.74) is 4.28. The molecule has 2 N–H and O–H groups in total. The van der Waals surface area contributed by atoms with Gasteiger partial charge in [-0.2, -0.15) is 0 Å². The zero-order valence-corrected chi connectivity index (χ0v) is 2.47. The summed E-state index contributed by atoms with van der Waals surface area (Å²) in [6.07, 6.45) is 0. The van der Waals surface area contributed by atoms with E-state index < -0.39 is 5.81 Å². The Labute approximate surface area is 29.4 Å². The Morgan fingerprint density at radius 1 is 1.80 bits per heavy atom. The fourth-order valence-electron chi connectivity index (χ4n) is 0. The molecule has 0 aliphatic heterocycles. The van der Waals surface area contributed by atoms with E-state index in [-0.39, 0.29) is 7.15 Å². The Bertz CT molecular complexity index is 60.7. The van der Waals surface area contributed by atoms with Crippen molar-refractivity contribution in [3.8, 4) is 0 Å². The zero-order chi connectivity index (χ0) is 4.28. The van der Waals surface area contributed by atoms with Gasteiger partial charge in [0.15, 0.2) is 0 Å². The quantitative estimate of drug-likeness (QED) is 0.407. The predicted octanol–water partition coefficient (Wildman–Crippen LogP) is -0.885. The van der Waals surface area contributed by atoms with Crippen molar-refractivity contribution in [2.24, 2.45) is 5.73 Å². The van der Waals surface area contributed by atoms with Crippen LogP contribution in [-0.4, -0.2) is 13.0 Å². The molecule has 0 rings (SSSR count). The van der Waals surface area contributed by atoms with Crippen molar-refractivity contribution in [2.75, 3.05) is 0 Å². The normalized spacial score (nSPS) is 5.60. The van der Waals surface area contributed by atoms with Crippen LogP contribution in [0.4, 0.5) is 4.79 Å². The molecule has 0 aliphatic rings. The van der Waals surface area contributed by atoms with Gasteiger partial charge in [-0.25, -0.2) is 0 Å². The van der Waals surface area contributed by atoms with Crippen molar-refractivity contribution >= 4 is 13.0 Å². The Kier molecular flexibility index (Phi) is 1.42. The SMILES string of the molecule is NC(=O)B=O. The summed E-state index contributed by atoms with van der Waals surface area (Å²) in [6, 6.07) is 0. The van der Waals surface area contributed by atoms with Crippen LogP contribution in [0.5, 0.6) is 0 Å². The molecular weight excluding hydrogens is 68.8 g/mol. The van der Waals surface area contributed by atoms with Gasteiger partial charge in [0.1, 0.15) is 0 Å². The fraction of sp³-hybridized carbons (Fsp3) is 0. The molecule has 0 saturated heterocycles. The van der Waals surface area contributed by atoms with Crippen molar-refractivity contribution < 1.29 is 9.50 Å². The number of rotatable bonds is 1. The summed E-state index contributed by atoms with van der Waals surface area (Å²) in [7, 11) is 0.0556. The molecule has 0 atom stereocenters. The summed E-state index contributed by atoms with van der Waals surface area (Å²) >= 11 is 0. The van der Waals surface area contributed by atoms with Gasteiger partial charge in [-0.1, -0.05) is 0 Å². The third-order valence-electron chi connectivity index (χ3n) is 0.116. The van der Waals surface area contributed by atoms with E-state index in [9.17, 15) is 4.79 Å². The van der Waals surface area contributed by atoms with Crippen LogP contribution in [0.15, 0.2) is 0 Å². The summed E-state index contributed by atoms with van der Waals surface area (Å²) < 4.78 is 9.03. The molecule has 0 aromatic carbocycles. The number of primary amides is 1. The van der Waals surface area contributed by atoms with Gasteiger partial charge in [0.2, 0.25) is 0 Å². The molecule has 3 nitrogen and oxygen atoms in total. The van der Waals surface area contributed by atoms with Gasteiger partial charge in [0.25, 0.3) is 0 Å². The third kappa shape index (κ3) is 3.33. The van der Waals surface area contributed by atoms with Crippen molar-refractivity contribution in [2.45, 2.75) is 0 Å². The van der Waals surface area contributed by atoms with Crippen molar-refractivity contribution in [1.82, 2.24) is 0 Å². The second-order valence-corrected chi connectivity index (χ2v) is 0.520. The standard InChI is InChI=1S/CH2BNO2/c3-1(4)2-5/h(H2,3,4). The number of hydrogen-bond acceptors (Lipinski definition) is 2. The number of amides is 1. The molecule has 0 spiro atoms. The minimum absolute atomic E-state index is 0.0556. The topological polar surface area (TPSA) is 60.2 Å². The first kappa shape index (κ1) is 4.33. The summed E-state index contributed by atoms with van der Waals surface area (Å²) in [4.78, 5) is 9.22. The number of nitrogens with two attached hydrogens (primary N) is 1. The van der Waals surface area contributed by atoms with Crippen LogP contribution in [0.1, 0.15) is 0 Å². The molecule has 4 heteroatoms. The second kappa shape index (κ2) is 1.63.